The number of aliphatic imine (C=N–C) groups is 1. The van der Waals surface area contributed by atoms with Gasteiger partial charge in [0.2, 0.25) is 0 Å². The highest BCUT2D eigenvalue weighted by Crippen LogP contribution is 2.30. The molecule has 3 rings (SSSR count). The van der Waals surface area contributed by atoms with Crippen LogP contribution in [0.25, 0.3) is 0 Å². The second-order valence-electron chi connectivity index (χ2n) is 6.83. The third-order valence-electron chi connectivity index (χ3n) is 4.94. The highest BCUT2D eigenvalue weighted by Gasteiger charge is 2.33. The van der Waals surface area contributed by atoms with Crippen molar-refractivity contribution in [3.8, 4) is 0 Å². The van der Waals surface area contributed by atoms with Gasteiger partial charge in [-0.3, -0.25) is 4.79 Å². The number of hydrogen-bond acceptors (Lipinski definition) is 7. The number of anilines is 1. The van der Waals surface area contributed by atoms with Crippen LogP contribution in [0.2, 0.25) is 0 Å². The van der Waals surface area contributed by atoms with Crippen LogP contribution in [0.1, 0.15) is 42.1 Å². The smallest absolute Gasteiger partial charge is 0.347 e. The lowest BCUT2D eigenvalue weighted by Gasteiger charge is -2.38. The molecule has 0 radical (unpaired) electrons. The number of aromatic nitrogens is 1. The van der Waals surface area contributed by atoms with Crippen LogP contribution < -0.4 is 10.2 Å². The second-order valence-corrected chi connectivity index (χ2v) is 8.55. The van der Waals surface area contributed by atoms with E-state index >= 15 is 0 Å². The lowest BCUT2D eigenvalue weighted by molar-refractivity contribution is -0.116. The van der Waals surface area contributed by atoms with E-state index in [1.807, 2.05) is 18.7 Å². The number of carbonyl (C=O) groups is 2. The number of ether oxygens (including phenoxy) is 1. The number of carboxylic acids is 1. The van der Waals surface area contributed by atoms with E-state index in [0.29, 0.717) is 48.9 Å². The predicted octanol–water partition coefficient (Wildman–Crippen LogP) is 2.58. The van der Waals surface area contributed by atoms with Crippen LogP contribution in [-0.2, 0) is 16.0 Å². The zero-order valence-corrected chi connectivity index (χ0v) is 18.4. The Balaban J connectivity index is 1.66. The quantitative estimate of drug-likeness (QED) is 0.619. The van der Waals surface area contributed by atoms with Gasteiger partial charge in [-0.25, -0.2) is 14.8 Å². The van der Waals surface area contributed by atoms with Crippen LogP contribution in [0.3, 0.4) is 0 Å². The molecular formula is C18H23BrN4O4S. The number of carboxylic acid groups (broad SMARTS) is 1. The van der Waals surface area contributed by atoms with Gasteiger partial charge in [0.25, 0.3) is 5.91 Å². The fourth-order valence-electron chi connectivity index (χ4n) is 3.34. The van der Waals surface area contributed by atoms with Gasteiger partial charge in [-0.15, -0.1) is 0 Å². The number of halogens is 1. The van der Waals surface area contributed by atoms with Crippen molar-refractivity contribution in [2.45, 2.75) is 45.3 Å². The van der Waals surface area contributed by atoms with Gasteiger partial charge in [-0.1, -0.05) is 18.3 Å². The summed E-state index contributed by atoms with van der Waals surface area (Å²) in [5.41, 5.74) is 2.14. The highest BCUT2D eigenvalue weighted by atomic mass is 79.9. The van der Waals surface area contributed by atoms with E-state index in [9.17, 15) is 14.7 Å². The molecule has 1 amide bonds. The van der Waals surface area contributed by atoms with Gasteiger partial charge in [0.1, 0.15) is 15.2 Å². The number of carbonyl (C=O) groups excluding carboxylic acids is 1. The minimum atomic E-state index is -0.946. The van der Waals surface area contributed by atoms with Crippen LogP contribution >= 0.6 is 27.3 Å². The molecule has 3 heterocycles. The number of allylic oxidation sites excluding steroid dienone is 1. The maximum atomic E-state index is 12.5. The summed E-state index contributed by atoms with van der Waals surface area (Å²) < 4.78 is 6.34. The van der Waals surface area contributed by atoms with Gasteiger partial charge in [-0.2, -0.15) is 0 Å². The van der Waals surface area contributed by atoms with Crippen molar-refractivity contribution in [1.29, 1.82) is 0 Å². The molecule has 1 aromatic heterocycles. The Hall–Kier alpha value is -1.78. The summed E-state index contributed by atoms with van der Waals surface area (Å²) in [6.45, 7) is 5.03. The Kier molecular flexibility index (Phi) is 6.51. The third-order valence-corrected chi connectivity index (χ3v) is 6.94. The minimum Gasteiger partial charge on any atom is -0.477 e. The molecule has 2 N–H and O–H groups in total. The number of piperidine rings is 1. The molecular weight excluding hydrogens is 448 g/mol. The molecule has 10 heteroatoms. The van der Waals surface area contributed by atoms with E-state index in [1.165, 1.54) is 11.3 Å². The first kappa shape index (κ1) is 20.9. The first-order chi connectivity index (χ1) is 13.3. The Morgan fingerprint density at radius 1 is 1.46 bits per heavy atom. The number of aryl methyl sites for hydroxylation is 1. The molecule has 2 aliphatic rings. The van der Waals surface area contributed by atoms with Crippen molar-refractivity contribution in [1.82, 2.24) is 10.3 Å². The van der Waals surface area contributed by atoms with Gasteiger partial charge in [-0.05, 0) is 41.3 Å². The van der Waals surface area contributed by atoms with E-state index in [2.05, 4.69) is 31.2 Å². The van der Waals surface area contributed by atoms with E-state index in [4.69, 9.17) is 4.74 Å². The number of hydrogen-bond donors (Lipinski definition) is 2. The standard InChI is InChI=1S/C18H23BrN4O4S/c1-4-10-14(17(25)26)28-18(22-10)23-6-5-11(13(8-23)27-3)21-16(24)12-7-9(2)15(19)20-12/h11,13H,4-8H2,1-3H3,(H,21,24)(H,25,26)/t11-,13+/m1/s1. The molecule has 0 aromatic carbocycles. The van der Waals surface area contributed by atoms with Crippen molar-refractivity contribution in [2.24, 2.45) is 4.99 Å². The van der Waals surface area contributed by atoms with E-state index in [0.717, 1.165) is 10.2 Å². The summed E-state index contributed by atoms with van der Waals surface area (Å²) in [7, 11) is 1.62. The van der Waals surface area contributed by atoms with Gasteiger partial charge >= 0.3 is 5.97 Å². The highest BCUT2D eigenvalue weighted by molar-refractivity contribution is 9.11. The largest absolute Gasteiger partial charge is 0.477 e. The Bertz CT molecular complexity index is 851. The minimum absolute atomic E-state index is 0.138. The first-order valence-electron chi connectivity index (χ1n) is 9.08. The molecule has 2 aliphatic heterocycles. The Morgan fingerprint density at radius 2 is 2.21 bits per heavy atom. The SMILES string of the molecule is CCc1nc(N2CC[C@@H](NC(=O)C3=NC(Br)=C(C)C3)[C@@H](OC)C2)sc1C(=O)O. The zero-order valence-electron chi connectivity index (χ0n) is 16.0. The van der Waals surface area contributed by atoms with Gasteiger partial charge < -0.3 is 20.1 Å². The number of nitrogens with one attached hydrogen (secondary N) is 1. The molecule has 0 saturated carbocycles. The van der Waals surface area contributed by atoms with Crippen molar-refractivity contribution >= 4 is 50.0 Å². The lowest BCUT2D eigenvalue weighted by Crippen LogP contribution is -2.55. The van der Waals surface area contributed by atoms with Crippen LogP contribution in [0.5, 0.6) is 0 Å². The number of thiazole rings is 1. The fraction of sp³-hybridized carbons (Fsp3) is 0.556. The van der Waals surface area contributed by atoms with E-state index in [-0.39, 0.29) is 22.9 Å². The molecule has 28 heavy (non-hydrogen) atoms. The molecule has 1 aromatic rings. The molecule has 0 unspecified atom stereocenters. The normalized spacial score (nSPS) is 22.4. The number of nitrogens with zero attached hydrogens (tertiary/aromatic N) is 3. The topological polar surface area (TPSA) is 104 Å². The van der Waals surface area contributed by atoms with E-state index < -0.39 is 5.97 Å². The monoisotopic (exact) mass is 470 g/mol. The molecule has 1 fully saturated rings. The summed E-state index contributed by atoms with van der Waals surface area (Å²) in [5, 5.41) is 13.1. The lowest BCUT2D eigenvalue weighted by atomic mass is 10.0. The molecule has 1 saturated heterocycles. The van der Waals surface area contributed by atoms with Crippen molar-refractivity contribution < 1.29 is 19.4 Å². The molecule has 0 aliphatic carbocycles. The molecule has 152 valence electrons. The van der Waals surface area contributed by atoms with Crippen LogP contribution in [0, 0.1) is 0 Å². The van der Waals surface area contributed by atoms with Gasteiger partial charge in [0.15, 0.2) is 5.13 Å². The fourth-order valence-corrected chi connectivity index (χ4v) is 4.72. The molecule has 8 nitrogen and oxygen atoms in total. The van der Waals surface area contributed by atoms with Crippen molar-refractivity contribution in [3.05, 3.63) is 20.8 Å². The Morgan fingerprint density at radius 3 is 2.75 bits per heavy atom. The van der Waals surface area contributed by atoms with Crippen LogP contribution in [-0.4, -0.2) is 60.0 Å². The van der Waals surface area contributed by atoms with Gasteiger partial charge in [0, 0.05) is 26.6 Å². The van der Waals surface area contributed by atoms with Crippen LogP contribution in [0.15, 0.2) is 15.2 Å². The van der Waals surface area contributed by atoms with Gasteiger partial charge in [0.05, 0.1) is 17.8 Å². The first-order valence-corrected chi connectivity index (χ1v) is 10.7. The molecule has 0 bridgehead atoms. The number of aromatic carboxylic acids is 1. The maximum absolute atomic E-state index is 12.5. The summed E-state index contributed by atoms with van der Waals surface area (Å²) in [5.74, 6) is -1.12. The predicted molar refractivity (Wildman–Crippen MR) is 112 cm³/mol. The summed E-state index contributed by atoms with van der Waals surface area (Å²) >= 11 is 4.54. The summed E-state index contributed by atoms with van der Waals surface area (Å²) in [4.78, 5) is 35.0. The zero-order chi connectivity index (χ0) is 20.4. The average Bonchev–Trinajstić information content (AvgIpc) is 3.26. The Labute approximate surface area is 175 Å². The molecule has 2 atom stereocenters. The number of methoxy groups -OCH3 is 1. The van der Waals surface area contributed by atoms with E-state index in [1.54, 1.807) is 7.11 Å². The van der Waals surface area contributed by atoms with Crippen molar-refractivity contribution in [2.75, 3.05) is 25.1 Å². The maximum Gasteiger partial charge on any atom is 0.347 e. The molecule has 0 spiro atoms. The second kappa shape index (κ2) is 8.71. The number of amides is 1. The van der Waals surface area contributed by atoms with Crippen molar-refractivity contribution in [3.63, 3.8) is 0 Å². The number of rotatable bonds is 6. The summed E-state index contributed by atoms with van der Waals surface area (Å²) in [6.07, 6.45) is 1.57. The van der Waals surface area contributed by atoms with Crippen LogP contribution in [0.4, 0.5) is 5.13 Å². The third kappa shape index (κ3) is 4.28. The summed E-state index contributed by atoms with van der Waals surface area (Å²) in [6, 6.07) is -0.138. The average molecular weight is 471 g/mol.